The SMILES string of the molecule is CC(C)(C)OC(=O)NC1CCc2[nH]c3ccccc3c2C1. The van der Waals surface area contributed by atoms with E-state index in [1.54, 1.807) is 0 Å². The third-order valence-corrected chi connectivity index (χ3v) is 3.82. The van der Waals surface area contributed by atoms with Crippen molar-refractivity contribution in [2.75, 3.05) is 0 Å². The molecule has 2 aromatic rings. The first-order valence-electron chi connectivity index (χ1n) is 7.50. The molecule has 1 aromatic heterocycles. The third kappa shape index (κ3) is 3.04. The topological polar surface area (TPSA) is 54.1 Å². The molecular weight excluding hydrogens is 264 g/mol. The lowest BCUT2D eigenvalue weighted by molar-refractivity contribution is 0.0500. The molecule has 0 fully saturated rings. The predicted molar refractivity (Wildman–Crippen MR) is 83.5 cm³/mol. The lowest BCUT2D eigenvalue weighted by atomic mass is 9.91. The molecule has 0 aliphatic heterocycles. The molecule has 1 aromatic carbocycles. The largest absolute Gasteiger partial charge is 0.444 e. The van der Waals surface area contributed by atoms with Gasteiger partial charge in [-0.3, -0.25) is 0 Å². The minimum atomic E-state index is -0.454. The summed E-state index contributed by atoms with van der Waals surface area (Å²) in [6.07, 6.45) is 2.44. The Labute approximate surface area is 124 Å². The second-order valence-electron chi connectivity index (χ2n) is 6.71. The van der Waals surface area contributed by atoms with Gasteiger partial charge in [0, 0.05) is 22.6 Å². The van der Waals surface area contributed by atoms with Crippen LogP contribution in [-0.2, 0) is 17.6 Å². The summed E-state index contributed by atoms with van der Waals surface area (Å²) in [6.45, 7) is 5.64. The molecule has 0 radical (unpaired) electrons. The molecule has 21 heavy (non-hydrogen) atoms. The van der Waals surface area contributed by atoms with Gasteiger partial charge in [-0.1, -0.05) is 18.2 Å². The lowest BCUT2D eigenvalue weighted by Crippen LogP contribution is -2.41. The van der Waals surface area contributed by atoms with Gasteiger partial charge < -0.3 is 15.0 Å². The van der Waals surface area contributed by atoms with Crippen LogP contribution in [0.4, 0.5) is 4.79 Å². The Kier molecular flexibility index (Phi) is 3.40. The number of hydrogen-bond donors (Lipinski definition) is 2. The average molecular weight is 286 g/mol. The molecule has 3 rings (SSSR count). The summed E-state index contributed by atoms with van der Waals surface area (Å²) in [5.41, 5.74) is 3.36. The minimum absolute atomic E-state index is 0.145. The Bertz CT molecular complexity index is 667. The molecular formula is C17H22N2O2. The standard InChI is InChI=1S/C17H22N2O2/c1-17(2,3)21-16(20)18-11-8-9-15-13(10-11)12-6-4-5-7-14(12)19-15/h4-7,11,19H,8-10H2,1-3H3,(H,18,20). The molecule has 1 heterocycles. The number of para-hydroxylation sites is 1. The fourth-order valence-corrected chi connectivity index (χ4v) is 2.97. The van der Waals surface area contributed by atoms with Gasteiger partial charge in [0.2, 0.25) is 0 Å². The van der Waals surface area contributed by atoms with Gasteiger partial charge in [-0.05, 0) is 51.7 Å². The van der Waals surface area contributed by atoms with E-state index in [1.165, 1.54) is 22.2 Å². The first kappa shape index (κ1) is 14.0. The van der Waals surface area contributed by atoms with Crippen LogP contribution in [0.2, 0.25) is 0 Å². The van der Waals surface area contributed by atoms with Crippen LogP contribution in [-0.4, -0.2) is 22.7 Å². The van der Waals surface area contributed by atoms with Gasteiger partial charge in [0.25, 0.3) is 0 Å². The van der Waals surface area contributed by atoms with Crippen LogP contribution in [0.25, 0.3) is 10.9 Å². The maximum atomic E-state index is 11.9. The molecule has 112 valence electrons. The van der Waals surface area contributed by atoms with Crippen molar-refractivity contribution in [2.24, 2.45) is 0 Å². The second-order valence-corrected chi connectivity index (χ2v) is 6.71. The molecule has 0 bridgehead atoms. The monoisotopic (exact) mass is 286 g/mol. The fraction of sp³-hybridized carbons (Fsp3) is 0.471. The number of benzene rings is 1. The number of aromatic amines is 1. The zero-order chi connectivity index (χ0) is 15.0. The fourth-order valence-electron chi connectivity index (χ4n) is 2.97. The van der Waals surface area contributed by atoms with Gasteiger partial charge in [-0.2, -0.15) is 0 Å². The summed E-state index contributed by atoms with van der Waals surface area (Å²) in [5, 5.41) is 4.26. The Hall–Kier alpha value is -1.97. The van der Waals surface area contributed by atoms with Gasteiger partial charge in [-0.25, -0.2) is 4.79 Å². The highest BCUT2D eigenvalue weighted by Crippen LogP contribution is 2.29. The molecule has 1 aliphatic carbocycles. The second kappa shape index (κ2) is 5.10. The van der Waals surface area contributed by atoms with E-state index in [2.05, 4.69) is 28.5 Å². The zero-order valence-corrected chi connectivity index (χ0v) is 12.8. The number of hydrogen-bond acceptors (Lipinski definition) is 2. The number of aryl methyl sites for hydroxylation is 1. The van der Waals surface area contributed by atoms with Crippen LogP contribution in [0, 0.1) is 0 Å². The number of ether oxygens (including phenoxy) is 1. The summed E-state index contributed by atoms with van der Waals surface area (Å²) >= 11 is 0. The van der Waals surface area contributed by atoms with E-state index in [-0.39, 0.29) is 12.1 Å². The van der Waals surface area contributed by atoms with E-state index in [9.17, 15) is 4.79 Å². The quantitative estimate of drug-likeness (QED) is 0.842. The molecule has 1 unspecified atom stereocenters. The molecule has 0 spiro atoms. The first-order valence-corrected chi connectivity index (χ1v) is 7.50. The van der Waals surface area contributed by atoms with Crippen molar-refractivity contribution in [3.05, 3.63) is 35.5 Å². The number of carbonyl (C=O) groups excluding carboxylic acids is 1. The molecule has 1 aliphatic rings. The minimum Gasteiger partial charge on any atom is -0.444 e. The van der Waals surface area contributed by atoms with Crippen molar-refractivity contribution in [3.8, 4) is 0 Å². The molecule has 4 heteroatoms. The highest BCUT2D eigenvalue weighted by Gasteiger charge is 2.25. The molecule has 1 atom stereocenters. The number of nitrogens with one attached hydrogen (secondary N) is 2. The highest BCUT2D eigenvalue weighted by atomic mass is 16.6. The number of fused-ring (bicyclic) bond motifs is 3. The Morgan fingerprint density at radius 1 is 1.33 bits per heavy atom. The highest BCUT2D eigenvalue weighted by molar-refractivity contribution is 5.85. The van der Waals surface area contributed by atoms with E-state index in [4.69, 9.17) is 4.74 Å². The lowest BCUT2D eigenvalue weighted by Gasteiger charge is -2.26. The van der Waals surface area contributed by atoms with Crippen LogP contribution in [0.5, 0.6) is 0 Å². The van der Waals surface area contributed by atoms with E-state index in [0.29, 0.717) is 0 Å². The first-order chi connectivity index (χ1) is 9.92. The van der Waals surface area contributed by atoms with Gasteiger partial charge >= 0.3 is 6.09 Å². The predicted octanol–water partition coefficient (Wildman–Crippen LogP) is 3.55. The van der Waals surface area contributed by atoms with Crippen molar-refractivity contribution in [3.63, 3.8) is 0 Å². The normalized spacial score (nSPS) is 18.3. The van der Waals surface area contributed by atoms with E-state index in [0.717, 1.165) is 19.3 Å². The van der Waals surface area contributed by atoms with Gasteiger partial charge in [0.1, 0.15) is 5.60 Å². The van der Waals surface area contributed by atoms with Crippen LogP contribution >= 0.6 is 0 Å². The number of alkyl carbamates (subject to hydrolysis) is 1. The van der Waals surface area contributed by atoms with Crippen molar-refractivity contribution in [1.82, 2.24) is 10.3 Å². The van der Waals surface area contributed by atoms with E-state index < -0.39 is 5.60 Å². The van der Waals surface area contributed by atoms with E-state index >= 15 is 0 Å². The number of aromatic nitrogens is 1. The number of amides is 1. The molecule has 1 amide bonds. The van der Waals surface area contributed by atoms with Gasteiger partial charge in [0.05, 0.1) is 0 Å². The molecule has 0 saturated carbocycles. The summed E-state index contributed by atoms with van der Waals surface area (Å²) in [6, 6.07) is 8.48. The third-order valence-electron chi connectivity index (χ3n) is 3.82. The van der Waals surface area contributed by atoms with Crippen molar-refractivity contribution < 1.29 is 9.53 Å². The van der Waals surface area contributed by atoms with Gasteiger partial charge in [0.15, 0.2) is 0 Å². The maximum absolute atomic E-state index is 11.9. The Morgan fingerprint density at radius 2 is 2.10 bits per heavy atom. The Balaban J connectivity index is 1.74. The van der Waals surface area contributed by atoms with Crippen LogP contribution in [0.1, 0.15) is 38.4 Å². The number of H-pyrrole nitrogens is 1. The molecule has 2 N–H and O–H groups in total. The van der Waals surface area contributed by atoms with Crippen LogP contribution in [0.15, 0.2) is 24.3 Å². The summed E-state index contributed by atoms with van der Waals surface area (Å²) < 4.78 is 5.34. The van der Waals surface area contributed by atoms with Crippen molar-refractivity contribution in [1.29, 1.82) is 0 Å². The van der Waals surface area contributed by atoms with E-state index in [1.807, 2.05) is 26.8 Å². The summed E-state index contributed by atoms with van der Waals surface area (Å²) in [5.74, 6) is 0. The van der Waals surface area contributed by atoms with Gasteiger partial charge in [-0.15, -0.1) is 0 Å². The van der Waals surface area contributed by atoms with Crippen LogP contribution < -0.4 is 5.32 Å². The number of rotatable bonds is 1. The molecule has 0 saturated heterocycles. The number of carbonyl (C=O) groups is 1. The summed E-state index contributed by atoms with van der Waals surface area (Å²) in [4.78, 5) is 15.4. The van der Waals surface area contributed by atoms with Crippen molar-refractivity contribution >= 4 is 17.0 Å². The Morgan fingerprint density at radius 3 is 2.86 bits per heavy atom. The maximum Gasteiger partial charge on any atom is 0.407 e. The van der Waals surface area contributed by atoms with Crippen molar-refractivity contribution in [2.45, 2.75) is 51.7 Å². The summed E-state index contributed by atoms with van der Waals surface area (Å²) in [7, 11) is 0. The van der Waals surface area contributed by atoms with Crippen LogP contribution in [0.3, 0.4) is 0 Å². The smallest absolute Gasteiger partial charge is 0.407 e. The average Bonchev–Trinajstić information content (AvgIpc) is 2.74. The zero-order valence-electron chi connectivity index (χ0n) is 12.8. The molecule has 4 nitrogen and oxygen atoms in total.